The van der Waals surface area contributed by atoms with Crippen molar-refractivity contribution in [2.45, 2.75) is 32.8 Å². The lowest BCUT2D eigenvalue weighted by molar-refractivity contribution is -0.150. The molecule has 1 unspecified atom stereocenters. The molecule has 6 heteroatoms. The first-order valence-electron chi connectivity index (χ1n) is 8.82. The van der Waals surface area contributed by atoms with E-state index >= 15 is 0 Å². The van der Waals surface area contributed by atoms with Gasteiger partial charge in [0, 0.05) is 0 Å². The van der Waals surface area contributed by atoms with E-state index in [2.05, 4.69) is 11.8 Å². The summed E-state index contributed by atoms with van der Waals surface area (Å²) in [5, 5.41) is 0. The van der Waals surface area contributed by atoms with E-state index in [0.29, 0.717) is 17.0 Å². The van der Waals surface area contributed by atoms with Crippen LogP contribution in [0.15, 0.2) is 24.3 Å². The first-order chi connectivity index (χ1) is 12.0. The Balaban J connectivity index is 1.51. The fourth-order valence-electron chi connectivity index (χ4n) is 3.36. The molecule has 0 N–H and O–H groups in total. The van der Waals surface area contributed by atoms with Gasteiger partial charge in [0.05, 0.1) is 24.2 Å². The van der Waals surface area contributed by atoms with Gasteiger partial charge in [-0.25, -0.2) is 0 Å². The zero-order chi connectivity index (χ0) is 18.0. The van der Waals surface area contributed by atoms with Crippen molar-refractivity contribution in [3.8, 4) is 0 Å². The molecule has 25 heavy (non-hydrogen) atoms. The van der Waals surface area contributed by atoms with Gasteiger partial charge in [-0.3, -0.25) is 24.2 Å². The van der Waals surface area contributed by atoms with Gasteiger partial charge in [-0.2, -0.15) is 0 Å². The molecule has 0 radical (unpaired) electrons. The third-order valence-electron chi connectivity index (χ3n) is 4.88. The van der Waals surface area contributed by atoms with Crippen molar-refractivity contribution in [1.29, 1.82) is 0 Å². The quantitative estimate of drug-likeness (QED) is 0.603. The van der Waals surface area contributed by atoms with Crippen molar-refractivity contribution in [3.63, 3.8) is 0 Å². The number of hydrogen-bond acceptors (Lipinski definition) is 5. The Morgan fingerprint density at radius 3 is 2.28 bits per heavy atom. The fraction of sp³-hybridized carbons (Fsp3) is 0.526. The zero-order valence-corrected chi connectivity index (χ0v) is 14.7. The van der Waals surface area contributed by atoms with Gasteiger partial charge < -0.3 is 4.74 Å². The van der Waals surface area contributed by atoms with Gasteiger partial charge >= 0.3 is 5.97 Å². The van der Waals surface area contributed by atoms with Crippen LogP contribution in [0.3, 0.4) is 0 Å². The fourth-order valence-corrected chi connectivity index (χ4v) is 3.36. The lowest BCUT2D eigenvalue weighted by atomic mass is 9.99. The summed E-state index contributed by atoms with van der Waals surface area (Å²) in [4.78, 5) is 40.0. The average Bonchev–Trinajstić information content (AvgIpc) is 2.82. The molecule has 1 atom stereocenters. The summed E-state index contributed by atoms with van der Waals surface area (Å²) in [7, 11) is 0. The van der Waals surface area contributed by atoms with Crippen LogP contribution in [0.4, 0.5) is 0 Å². The Morgan fingerprint density at radius 2 is 1.72 bits per heavy atom. The molecule has 2 aliphatic heterocycles. The van der Waals surface area contributed by atoms with Crippen LogP contribution in [0.1, 0.15) is 47.4 Å². The zero-order valence-electron chi connectivity index (χ0n) is 14.7. The molecule has 1 aromatic carbocycles. The highest BCUT2D eigenvalue weighted by molar-refractivity contribution is 6.21. The molecule has 1 saturated heterocycles. The summed E-state index contributed by atoms with van der Waals surface area (Å²) in [5.74, 6) is -0.249. The molecule has 134 valence electrons. The monoisotopic (exact) mass is 344 g/mol. The number of esters is 1. The maximum absolute atomic E-state index is 12.3. The first-order valence-corrected chi connectivity index (χ1v) is 8.82. The number of ether oxygens (including phenoxy) is 1. The first kappa shape index (κ1) is 17.6. The van der Waals surface area contributed by atoms with Gasteiger partial charge in [-0.15, -0.1) is 0 Å². The molecule has 0 bridgehead atoms. The summed E-state index contributed by atoms with van der Waals surface area (Å²) in [5.41, 5.74) is 0.821. The lowest BCUT2D eigenvalue weighted by Crippen LogP contribution is -2.41. The second kappa shape index (κ2) is 7.35. The Morgan fingerprint density at radius 1 is 1.16 bits per heavy atom. The van der Waals surface area contributed by atoms with Crippen LogP contribution in [0.25, 0.3) is 0 Å². The summed E-state index contributed by atoms with van der Waals surface area (Å²) < 4.78 is 5.41. The van der Waals surface area contributed by atoms with E-state index < -0.39 is 6.10 Å². The molecular formula is C19H24N2O4. The number of rotatable bonds is 5. The normalized spacial score (nSPS) is 19.8. The standard InChI is InChI=1S/C19H24N2O4/c1-13-7-9-20(10-8-13)12-17(22)25-14(2)11-21-18(23)15-5-3-4-6-16(15)19(21)24/h3-6,13-14H,7-12H2,1-2H3. The average molecular weight is 344 g/mol. The largest absolute Gasteiger partial charge is 0.460 e. The second-order valence-electron chi connectivity index (χ2n) is 7.03. The van der Waals surface area contributed by atoms with Crippen LogP contribution in [0.2, 0.25) is 0 Å². The molecule has 0 aliphatic carbocycles. The maximum atomic E-state index is 12.3. The Hall–Kier alpha value is -2.21. The van der Waals surface area contributed by atoms with Gasteiger partial charge in [0.2, 0.25) is 0 Å². The van der Waals surface area contributed by atoms with Crippen molar-refractivity contribution in [1.82, 2.24) is 9.80 Å². The smallest absolute Gasteiger partial charge is 0.320 e. The molecule has 1 aromatic rings. The van der Waals surface area contributed by atoms with Crippen molar-refractivity contribution < 1.29 is 19.1 Å². The lowest BCUT2D eigenvalue weighted by Gasteiger charge is -2.29. The van der Waals surface area contributed by atoms with Crippen molar-refractivity contribution in [3.05, 3.63) is 35.4 Å². The highest BCUT2D eigenvalue weighted by Crippen LogP contribution is 2.23. The summed E-state index contributed by atoms with van der Waals surface area (Å²) in [6.45, 7) is 6.08. The van der Waals surface area contributed by atoms with Gasteiger partial charge in [0.1, 0.15) is 6.10 Å². The van der Waals surface area contributed by atoms with Crippen LogP contribution < -0.4 is 0 Å². The van der Waals surface area contributed by atoms with E-state index in [1.807, 2.05) is 0 Å². The Bertz CT molecular complexity index is 645. The summed E-state index contributed by atoms with van der Waals surface area (Å²) in [6, 6.07) is 6.75. The number of fused-ring (bicyclic) bond motifs is 1. The second-order valence-corrected chi connectivity index (χ2v) is 7.03. The number of imide groups is 1. The number of hydrogen-bond donors (Lipinski definition) is 0. The minimum Gasteiger partial charge on any atom is -0.460 e. The minimum absolute atomic E-state index is 0.0785. The third kappa shape index (κ3) is 3.90. The van der Waals surface area contributed by atoms with E-state index in [0.717, 1.165) is 30.8 Å². The van der Waals surface area contributed by atoms with Crippen LogP contribution in [0, 0.1) is 5.92 Å². The molecule has 0 saturated carbocycles. The molecule has 0 spiro atoms. The number of carbonyl (C=O) groups excluding carboxylic acids is 3. The van der Waals surface area contributed by atoms with Crippen LogP contribution in [-0.4, -0.2) is 59.9 Å². The molecule has 2 heterocycles. The summed E-state index contributed by atoms with van der Waals surface area (Å²) in [6.07, 6.45) is 1.66. The highest BCUT2D eigenvalue weighted by Gasteiger charge is 2.36. The van der Waals surface area contributed by atoms with Gasteiger partial charge in [0.25, 0.3) is 11.8 Å². The number of piperidine rings is 1. The number of benzene rings is 1. The minimum atomic E-state index is -0.529. The molecule has 3 rings (SSSR count). The molecule has 2 amide bonds. The van der Waals surface area contributed by atoms with Gasteiger partial charge in [0.15, 0.2) is 0 Å². The molecule has 6 nitrogen and oxygen atoms in total. The van der Waals surface area contributed by atoms with E-state index in [-0.39, 0.29) is 30.9 Å². The number of likely N-dealkylation sites (tertiary alicyclic amines) is 1. The Kier molecular flexibility index (Phi) is 5.18. The highest BCUT2D eigenvalue weighted by atomic mass is 16.5. The predicted molar refractivity (Wildman–Crippen MR) is 92.2 cm³/mol. The van der Waals surface area contributed by atoms with Crippen LogP contribution in [0.5, 0.6) is 0 Å². The summed E-state index contributed by atoms with van der Waals surface area (Å²) >= 11 is 0. The van der Waals surface area contributed by atoms with Crippen molar-refractivity contribution >= 4 is 17.8 Å². The maximum Gasteiger partial charge on any atom is 0.320 e. The van der Waals surface area contributed by atoms with E-state index in [4.69, 9.17) is 4.74 Å². The van der Waals surface area contributed by atoms with Gasteiger partial charge in [-0.05, 0) is 50.9 Å². The SMILES string of the molecule is CC1CCN(CC(=O)OC(C)CN2C(=O)c3ccccc3C2=O)CC1. The molecule has 2 aliphatic rings. The number of amides is 2. The van der Waals surface area contributed by atoms with Crippen LogP contribution in [-0.2, 0) is 9.53 Å². The topological polar surface area (TPSA) is 66.9 Å². The number of carbonyl (C=O) groups is 3. The van der Waals surface area contributed by atoms with E-state index in [1.165, 1.54) is 0 Å². The van der Waals surface area contributed by atoms with Crippen molar-refractivity contribution in [2.75, 3.05) is 26.2 Å². The predicted octanol–water partition coefficient (Wildman–Crippen LogP) is 1.95. The van der Waals surface area contributed by atoms with E-state index in [9.17, 15) is 14.4 Å². The molecule has 0 aromatic heterocycles. The van der Waals surface area contributed by atoms with E-state index in [1.54, 1.807) is 31.2 Å². The molecule has 1 fully saturated rings. The van der Waals surface area contributed by atoms with Crippen molar-refractivity contribution in [2.24, 2.45) is 5.92 Å². The van der Waals surface area contributed by atoms with Crippen LogP contribution >= 0.6 is 0 Å². The molecular weight excluding hydrogens is 320 g/mol. The third-order valence-corrected chi connectivity index (χ3v) is 4.88. The van der Waals surface area contributed by atoms with Gasteiger partial charge in [-0.1, -0.05) is 19.1 Å². The number of nitrogens with zero attached hydrogens (tertiary/aromatic N) is 2. The Labute approximate surface area is 147 Å².